The highest BCUT2D eigenvalue weighted by molar-refractivity contribution is 6.81. The van der Waals surface area contributed by atoms with E-state index in [-0.39, 0.29) is 23.3 Å². The first-order valence-corrected chi connectivity index (χ1v) is 12.0. The summed E-state index contributed by atoms with van der Waals surface area (Å²) < 4.78 is 11.3. The molecule has 0 aromatic rings. The van der Waals surface area contributed by atoms with Crippen molar-refractivity contribution in [3.8, 4) is 0 Å². The first kappa shape index (κ1) is 22.0. The molecule has 0 radical (unpaired) electrons. The molecule has 0 spiro atoms. The predicted octanol–water partition coefficient (Wildman–Crippen LogP) is 3.68. The van der Waals surface area contributed by atoms with Gasteiger partial charge < -0.3 is 14.6 Å². The molecule has 1 N–H and O–H groups in total. The van der Waals surface area contributed by atoms with Gasteiger partial charge in [-0.1, -0.05) is 52.8 Å². The molecule has 0 aromatic carbocycles. The zero-order valence-electron chi connectivity index (χ0n) is 16.7. The van der Waals surface area contributed by atoms with Gasteiger partial charge in [0, 0.05) is 11.8 Å². The highest BCUT2D eigenvalue weighted by Gasteiger charge is 2.55. The summed E-state index contributed by atoms with van der Waals surface area (Å²) in [7, 11) is -2.10. The molecule has 25 heavy (non-hydrogen) atoms. The maximum absolute atomic E-state index is 11.2. The van der Waals surface area contributed by atoms with Gasteiger partial charge in [-0.25, -0.2) is 0 Å². The van der Waals surface area contributed by atoms with E-state index in [4.69, 9.17) is 15.0 Å². The minimum Gasteiger partial charge on any atom is -0.463 e. The van der Waals surface area contributed by atoms with Crippen molar-refractivity contribution in [2.75, 3.05) is 6.61 Å². The number of hydrogen-bond donors (Lipinski definition) is 1. The fourth-order valence-corrected chi connectivity index (χ4v) is 7.40. The Bertz CT molecular complexity index is 532. The standard InChI is InChI=1S/C17H33N3O4Si/c1-10(2)17(5,6)25(7,8)16-14(19-20-18)11(3)15(22)13(24-16)9-23-12(4)21/h10-11,13-16,22H,9H2,1-8H3/t11-,13?,14?,15+,16+/m1/s1. The van der Waals surface area contributed by atoms with Crippen LogP contribution in [0.3, 0.4) is 0 Å². The van der Waals surface area contributed by atoms with E-state index < -0.39 is 32.3 Å². The van der Waals surface area contributed by atoms with Gasteiger partial charge in [-0.2, -0.15) is 0 Å². The topological polar surface area (TPSA) is 105 Å². The zero-order valence-corrected chi connectivity index (χ0v) is 17.7. The fourth-order valence-electron chi connectivity index (χ4n) is 3.44. The van der Waals surface area contributed by atoms with Crippen LogP contribution in [-0.2, 0) is 14.3 Å². The highest BCUT2D eigenvalue weighted by atomic mass is 28.3. The number of nitrogens with zero attached hydrogens (tertiary/aromatic N) is 3. The summed E-state index contributed by atoms with van der Waals surface area (Å²) >= 11 is 0. The van der Waals surface area contributed by atoms with Gasteiger partial charge in [0.1, 0.15) is 12.7 Å². The van der Waals surface area contributed by atoms with E-state index in [0.29, 0.717) is 5.92 Å². The van der Waals surface area contributed by atoms with Gasteiger partial charge in [0.05, 0.1) is 25.9 Å². The second kappa shape index (κ2) is 8.08. The smallest absolute Gasteiger partial charge is 0.302 e. The van der Waals surface area contributed by atoms with E-state index in [0.717, 1.165) is 0 Å². The van der Waals surface area contributed by atoms with Crippen LogP contribution in [0.25, 0.3) is 10.4 Å². The van der Waals surface area contributed by atoms with Crippen molar-refractivity contribution < 1.29 is 19.4 Å². The molecular weight excluding hydrogens is 338 g/mol. The van der Waals surface area contributed by atoms with Crippen molar-refractivity contribution in [2.45, 2.75) is 83.7 Å². The Morgan fingerprint density at radius 2 is 2.00 bits per heavy atom. The van der Waals surface area contributed by atoms with Gasteiger partial charge in [0.15, 0.2) is 0 Å². The summed E-state index contributed by atoms with van der Waals surface area (Å²) in [4.78, 5) is 14.2. The first-order chi connectivity index (χ1) is 11.4. The van der Waals surface area contributed by atoms with Crippen LogP contribution in [0.15, 0.2) is 5.11 Å². The molecule has 7 nitrogen and oxygen atoms in total. The minimum atomic E-state index is -2.10. The van der Waals surface area contributed by atoms with Crippen LogP contribution in [0.1, 0.15) is 41.5 Å². The van der Waals surface area contributed by atoms with E-state index in [2.05, 4.69) is 50.8 Å². The largest absolute Gasteiger partial charge is 0.463 e. The number of carbonyl (C=O) groups is 1. The van der Waals surface area contributed by atoms with Gasteiger partial charge in [-0.15, -0.1) is 0 Å². The van der Waals surface area contributed by atoms with Crippen molar-refractivity contribution in [1.29, 1.82) is 0 Å². The number of hydrogen-bond acceptors (Lipinski definition) is 5. The normalized spacial score (nSPS) is 30.7. The zero-order chi connectivity index (χ0) is 19.6. The molecule has 1 heterocycles. The van der Waals surface area contributed by atoms with Crippen LogP contribution < -0.4 is 0 Å². The van der Waals surface area contributed by atoms with Gasteiger partial charge in [0.25, 0.3) is 0 Å². The first-order valence-electron chi connectivity index (χ1n) is 8.89. The Hall–Kier alpha value is -1.08. The third-order valence-corrected chi connectivity index (χ3v) is 12.3. The monoisotopic (exact) mass is 371 g/mol. The van der Waals surface area contributed by atoms with Crippen molar-refractivity contribution in [3.05, 3.63) is 10.4 Å². The predicted molar refractivity (Wildman–Crippen MR) is 99.8 cm³/mol. The Morgan fingerprint density at radius 1 is 1.44 bits per heavy atom. The molecule has 1 rings (SSSR count). The molecule has 5 atom stereocenters. The van der Waals surface area contributed by atoms with E-state index >= 15 is 0 Å². The molecule has 1 aliphatic heterocycles. The number of esters is 1. The van der Waals surface area contributed by atoms with Crippen molar-refractivity contribution >= 4 is 14.0 Å². The highest BCUT2D eigenvalue weighted by Crippen LogP contribution is 2.49. The number of rotatable bonds is 6. The molecule has 0 aliphatic carbocycles. The SMILES string of the molecule is CC(=O)OCC1O[C@@H]([Si](C)(C)C(C)(C)C(C)C)C(N=[N+]=[N-])[C@@H](C)[C@@H]1O. The number of carbonyl (C=O) groups excluding carboxylic acids is 1. The lowest BCUT2D eigenvalue weighted by molar-refractivity contribution is -0.166. The molecular formula is C17H33N3O4Si. The summed E-state index contributed by atoms with van der Waals surface area (Å²) in [5.74, 6) is -0.250. The second-order valence-corrected chi connectivity index (χ2v) is 13.8. The Kier molecular flexibility index (Phi) is 7.09. The van der Waals surface area contributed by atoms with E-state index in [1.807, 2.05) is 6.92 Å². The molecule has 1 fully saturated rings. The molecule has 144 valence electrons. The number of ether oxygens (including phenoxy) is 2. The van der Waals surface area contributed by atoms with E-state index in [1.54, 1.807) is 0 Å². The number of aliphatic hydroxyl groups excluding tert-OH is 1. The Morgan fingerprint density at radius 3 is 2.44 bits per heavy atom. The maximum atomic E-state index is 11.2. The third-order valence-electron chi connectivity index (χ3n) is 6.54. The van der Waals surface area contributed by atoms with Gasteiger partial charge >= 0.3 is 5.97 Å². The Balaban J connectivity index is 3.25. The minimum absolute atomic E-state index is 0.00686. The maximum Gasteiger partial charge on any atom is 0.302 e. The van der Waals surface area contributed by atoms with Crippen molar-refractivity contribution in [1.82, 2.24) is 0 Å². The molecule has 0 amide bonds. The number of aliphatic hydroxyl groups is 1. The van der Waals surface area contributed by atoms with Crippen molar-refractivity contribution in [3.63, 3.8) is 0 Å². The average molecular weight is 372 g/mol. The fraction of sp³-hybridized carbons (Fsp3) is 0.941. The van der Waals surface area contributed by atoms with Crippen LogP contribution in [-0.4, -0.2) is 49.7 Å². The van der Waals surface area contributed by atoms with Gasteiger partial charge in [-0.3, -0.25) is 4.79 Å². The molecule has 0 saturated carbocycles. The second-order valence-electron chi connectivity index (χ2n) is 8.54. The van der Waals surface area contributed by atoms with Crippen LogP contribution in [0.2, 0.25) is 18.1 Å². The quantitative estimate of drug-likeness (QED) is 0.253. The summed E-state index contributed by atoms with van der Waals surface area (Å²) in [6, 6.07) is -0.437. The van der Waals surface area contributed by atoms with Crippen LogP contribution in [0.5, 0.6) is 0 Å². The average Bonchev–Trinajstić information content (AvgIpc) is 2.50. The summed E-state index contributed by atoms with van der Waals surface area (Å²) in [6.07, 6.45) is -1.46. The summed E-state index contributed by atoms with van der Waals surface area (Å²) in [5, 5.41) is 14.6. The lowest BCUT2D eigenvalue weighted by Gasteiger charge is -2.54. The third kappa shape index (κ3) is 4.37. The van der Waals surface area contributed by atoms with Crippen LogP contribution in [0.4, 0.5) is 0 Å². The number of azide groups is 1. The molecule has 0 aromatic heterocycles. The van der Waals surface area contributed by atoms with Crippen LogP contribution in [0, 0.1) is 11.8 Å². The molecule has 0 bridgehead atoms. The Labute approximate surface area is 151 Å². The van der Waals surface area contributed by atoms with E-state index in [1.165, 1.54) is 6.92 Å². The lowest BCUT2D eigenvalue weighted by Crippen LogP contribution is -2.65. The van der Waals surface area contributed by atoms with Gasteiger partial charge in [-0.05, 0) is 22.4 Å². The van der Waals surface area contributed by atoms with Gasteiger partial charge in [0.2, 0.25) is 0 Å². The lowest BCUT2D eigenvalue weighted by atomic mass is 9.90. The molecule has 2 unspecified atom stereocenters. The van der Waals surface area contributed by atoms with Crippen molar-refractivity contribution in [2.24, 2.45) is 17.0 Å². The molecule has 8 heteroatoms. The molecule has 1 aliphatic rings. The van der Waals surface area contributed by atoms with E-state index in [9.17, 15) is 9.90 Å². The molecule has 1 saturated heterocycles. The van der Waals surface area contributed by atoms with Crippen LogP contribution >= 0.6 is 0 Å². The summed E-state index contributed by atoms with van der Waals surface area (Å²) in [6.45, 7) is 16.5. The summed E-state index contributed by atoms with van der Waals surface area (Å²) in [5.41, 5.74) is 8.76.